The topological polar surface area (TPSA) is 44.7 Å². The lowest BCUT2D eigenvalue weighted by atomic mass is 9.71. The lowest BCUT2D eigenvalue weighted by Crippen LogP contribution is -2.67. The van der Waals surface area contributed by atoms with Crippen LogP contribution in [-0.2, 0) is 4.74 Å². The summed E-state index contributed by atoms with van der Waals surface area (Å²) in [5, 5.41) is 14.8. The number of hydrogen-bond acceptors (Lipinski definition) is 4. The van der Waals surface area contributed by atoms with Gasteiger partial charge in [-0.3, -0.25) is 4.90 Å². The Morgan fingerprint density at radius 1 is 1.46 bits per heavy atom. The molecule has 4 nitrogen and oxygen atoms in total. The van der Waals surface area contributed by atoms with Crippen molar-refractivity contribution in [2.75, 3.05) is 32.1 Å². The Balaban J connectivity index is 1.69. The third-order valence-corrected chi connectivity index (χ3v) is 6.13. The molecule has 24 heavy (non-hydrogen) atoms. The summed E-state index contributed by atoms with van der Waals surface area (Å²) >= 11 is 0. The Morgan fingerprint density at radius 3 is 3.00 bits per heavy atom. The number of anilines is 1. The first-order chi connectivity index (χ1) is 11.7. The quantitative estimate of drug-likeness (QED) is 0.835. The molecule has 4 heteroatoms. The molecule has 2 bridgehead atoms. The average Bonchev–Trinajstić information content (AvgIpc) is 2.67. The first-order valence-electron chi connectivity index (χ1n) is 8.84. The van der Waals surface area contributed by atoms with Gasteiger partial charge in [-0.2, -0.15) is 0 Å². The van der Waals surface area contributed by atoms with E-state index in [9.17, 15) is 5.11 Å². The molecule has 1 aromatic rings. The van der Waals surface area contributed by atoms with Crippen LogP contribution in [0.4, 0.5) is 5.69 Å². The van der Waals surface area contributed by atoms with Gasteiger partial charge in [-0.1, -0.05) is 30.4 Å². The van der Waals surface area contributed by atoms with Crippen molar-refractivity contribution in [2.24, 2.45) is 11.8 Å². The predicted octanol–water partition coefficient (Wildman–Crippen LogP) is 2.73. The van der Waals surface area contributed by atoms with Crippen LogP contribution >= 0.6 is 0 Å². The molecule has 0 saturated carbocycles. The van der Waals surface area contributed by atoms with Gasteiger partial charge in [-0.25, -0.2) is 0 Å². The van der Waals surface area contributed by atoms with E-state index in [1.165, 1.54) is 0 Å². The highest BCUT2D eigenvalue weighted by atomic mass is 16.5. The van der Waals surface area contributed by atoms with Crippen LogP contribution in [0.15, 0.2) is 43.0 Å². The number of fused-ring (bicyclic) bond motifs is 4. The highest BCUT2D eigenvalue weighted by Gasteiger charge is 2.54. The fraction of sp³-hybridized carbons (Fsp3) is 0.500. The van der Waals surface area contributed by atoms with Gasteiger partial charge in [-0.05, 0) is 36.3 Å². The minimum absolute atomic E-state index is 0.503. The van der Waals surface area contributed by atoms with Crippen molar-refractivity contribution in [2.45, 2.75) is 24.7 Å². The number of ether oxygens (including phenoxy) is 1. The van der Waals surface area contributed by atoms with E-state index in [4.69, 9.17) is 4.74 Å². The molecule has 3 saturated heterocycles. The van der Waals surface area contributed by atoms with E-state index in [-0.39, 0.29) is 0 Å². The smallest absolute Gasteiger partial charge is 0.151 e. The number of piperidine rings is 3. The molecule has 0 spiro atoms. The molecule has 0 aromatic heterocycles. The molecule has 128 valence electrons. The lowest BCUT2D eigenvalue weighted by Gasteiger charge is -2.57. The molecule has 1 aromatic carbocycles. The number of para-hydroxylation sites is 1. The van der Waals surface area contributed by atoms with Crippen molar-refractivity contribution in [1.29, 1.82) is 0 Å². The van der Waals surface area contributed by atoms with E-state index in [2.05, 4.69) is 41.1 Å². The van der Waals surface area contributed by atoms with Crippen LogP contribution in [0.1, 0.15) is 18.4 Å². The summed E-state index contributed by atoms with van der Waals surface area (Å²) < 4.78 is 6.02. The Labute approximate surface area is 143 Å². The fourth-order valence-corrected chi connectivity index (χ4v) is 4.78. The van der Waals surface area contributed by atoms with Gasteiger partial charge in [0.25, 0.3) is 0 Å². The molecule has 4 heterocycles. The minimum Gasteiger partial charge on any atom is -0.384 e. The molecule has 3 fully saturated rings. The maximum absolute atomic E-state index is 11.4. The summed E-state index contributed by atoms with van der Waals surface area (Å²) in [6.07, 6.45) is 5.53. The second kappa shape index (κ2) is 6.03. The molecular weight excluding hydrogens is 300 g/mol. The molecule has 1 unspecified atom stereocenters. The molecule has 5 rings (SSSR count). The van der Waals surface area contributed by atoms with Crippen LogP contribution in [0.25, 0.3) is 5.57 Å². The number of aliphatic hydroxyl groups excluding tert-OH is 1. The summed E-state index contributed by atoms with van der Waals surface area (Å²) in [4.78, 5) is 2.33. The van der Waals surface area contributed by atoms with E-state index in [1.807, 2.05) is 12.1 Å². The van der Waals surface area contributed by atoms with Gasteiger partial charge in [0.2, 0.25) is 0 Å². The van der Waals surface area contributed by atoms with Gasteiger partial charge in [0.15, 0.2) is 5.72 Å². The molecule has 0 radical (unpaired) electrons. The third kappa shape index (κ3) is 2.25. The van der Waals surface area contributed by atoms with Crippen molar-refractivity contribution >= 4 is 11.3 Å². The van der Waals surface area contributed by atoms with Crippen LogP contribution in [0.3, 0.4) is 0 Å². The molecule has 5 atom stereocenters. The zero-order chi connectivity index (χ0) is 16.7. The van der Waals surface area contributed by atoms with Gasteiger partial charge in [0, 0.05) is 38.0 Å². The van der Waals surface area contributed by atoms with Gasteiger partial charge >= 0.3 is 0 Å². The number of nitrogens with zero attached hydrogens (tertiary/aromatic N) is 1. The number of aliphatic hydroxyl groups is 1. The Bertz CT molecular complexity index is 671. The summed E-state index contributed by atoms with van der Waals surface area (Å²) in [5.74, 6) is 1.04. The van der Waals surface area contributed by atoms with Crippen molar-refractivity contribution < 1.29 is 9.84 Å². The lowest BCUT2D eigenvalue weighted by molar-refractivity contribution is -0.236. The second-order valence-electron chi connectivity index (χ2n) is 7.14. The van der Waals surface area contributed by atoms with Crippen LogP contribution < -0.4 is 5.32 Å². The number of methoxy groups -OCH3 is 1. The zero-order valence-corrected chi connectivity index (χ0v) is 14.2. The highest BCUT2D eigenvalue weighted by molar-refractivity contribution is 5.81. The number of hydrogen-bond donors (Lipinski definition) is 2. The van der Waals surface area contributed by atoms with Gasteiger partial charge < -0.3 is 15.2 Å². The Morgan fingerprint density at radius 2 is 2.29 bits per heavy atom. The number of nitrogens with one attached hydrogen (secondary N) is 1. The van der Waals surface area contributed by atoms with E-state index in [0.717, 1.165) is 49.3 Å². The van der Waals surface area contributed by atoms with Crippen LogP contribution in [0, 0.1) is 11.8 Å². The van der Waals surface area contributed by atoms with E-state index < -0.39 is 11.8 Å². The van der Waals surface area contributed by atoms with Crippen molar-refractivity contribution in [3.8, 4) is 0 Å². The standard InChI is InChI=1S/C20H26N2O2/c1-3-14-13-22-11-9-15(14)12-20(22,24-2)19(23)17-8-10-21-18-7-5-4-6-16(17)18/h3-8,14-15,19,21,23H,1,9-13H2,2H3/t14-,15+,19-,20-/m0/s1. The van der Waals surface area contributed by atoms with E-state index >= 15 is 0 Å². The van der Waals surface area contributed by atoms with E-state index in [0.29, 0.717) is 11.8 Å². The van der Waals surface area contributed by atoms with Crippen LogP contribution in [-0.4, -0.2) is 48.6 Å². The summed E-state index contributed by atoms with van der Waals surface area (Å²) in [6.45, 7) is 6.63. The van der Waals surface area contributed by atoms with Gasteiger partial charge in [0.05, 0.1) is 0 Å². The van der Waals surface area contributed by atoms with Crippen molar-refractivity contribution in [1.82, 2.24) is 4.90 Å². The highest BCUT2D eigenvalue weighted by Crippen LogP contribution is 2.47. The maximum Gasteiger partial charge on any atom is 0.151 e. The molecular formula is C20H26N2O2. The summed E-state index contributed by atoms with van der Waals surface area (Å²) in [5.41, 5.74) is 2.52. The SMILES string of the molecule is C=C[C@H]1CN2CC[C@@H]1C[C@]2(OC)[C@@H](O)C1=CCNc2ccccc21. The van der Waals surface area contributed by atoms with Crippen LogP contribution in [0.2, 0.25) is 0 Å². The summed E-state index contributed by atoms with van der Waals surface area (Å²) in [6, 6.07) is 8.18. The van der Waals surface area contributed by atoms with Gasteiger partial charge in [-0.15, -0.1) is 6.58 Å². The van der Waals surface area contributed by atoms with E-state index in [1.54, 1.807) is 7.11 Å². The summed E-state index contributed by atoms with van der Waals surface area (Å²) in [7, 11) is 1.74. The van der Waals surface area contributed by atoms with Gasteiger partial charge in [0.1, 0.15) is 6.10 Å². The maximum atomic E-state index is 11.4. The fourth-order valence-electron chi connectivity index (χ4n) is 4.78. The minimum atomic E-state index is -0.653. The monoisotopic (exact) mass is 326 g/mol. The Kier molecular flexibility index (Phi) is 3.99. The van der Waals surface area contributed by atoms with Crippen molar-refractivity contribution in [3.63, 3.8) is 0 Å². The van der Waals surface area contributed by atoms with Crippen molar-refractivity contribution in [3.05, 3.63) is 48.6 Å². The first kappa shape index (κ1) is 15.9. The number of rotatable bonds is 4. The molecule has 4 aliphatic heterocycles. The number of benzene rings is 1. The largest absolute Gasteiger partial charge is 0.384 e. The molecule has 0 amide bonds. The first-order valence-corrected chi connectivity index (χ1v) is 8.84. The third-order valence-electron chi connectivity index (χ3n) is 6.13. The molecule has 4 aliphatic rings. The second-order valence-corrected chi connectivity index (χ2v) is 7.14. The predicted molar refractivity (Wildman–Crippen MR) is 96.6 cm³/mol. The normalized spacial score (nSPS) is 35.6. The van der Waals surface area contributed by atoms with Crippen LogP contribution in [0.5, 0.6) is 0 Å². The molecule has 0 aliphatic carbocycles. The molecule has 2 N–H and O–H groups in total. The Hall–Kier alpha value is -1.62. The average molecular weight is 326 g/mol. The zero-order valence-electron chi connectivity index (χ0n) is 14.2.